The first kappa shape index (κ1) is 17.4. The summed E-state index contributed by atoms with van der Waals surface area (Å²) in [6.45, 7) is 2.28. The summed E-state index contributed by atoms with van der Waals surface area (Å²) < 4.78 is 9.57. The van der Waals surface area contributed by atoms with Crippen molar-refractivity contribution in [2.24, 2.45) is 0 Å². The second-order valence-electron chi connectivity index (χ2n) is 4.38. The van der Waals surface area contributed by atoms with Crippen LogP contribution in [0.5, 0.6) is 0 Å². The minimum atomic E-state index is -0.686. The average molecular weight is 310 g/mol. The number of nitro benzene ring substituents is 1. The Labute approximate surface area is 127 Å². The molecule has 1 aromatic carbocycles. The first-order valence-corrected chi connectivity index (χ1v) is 6.75. The summed E-state index contributed by atoms with van der Waals surface area (Å²) in [6, 6.07) is 3.83. The number of esters is 2. The Hall–Kier alpha value is -2.64. The van der Waals surface area contributed by atoms with E-state index in [-0.39, 0.29) is 30.4 Å². The van der Waals surface area contributed by atoms with E-state index in [1.807, 2.05) is 6.92 Å². The molecule has 0 aliphatic carbocycles. The number of rotatable bonds is 8. The molecular weight excluding hydrogens is 292 g/mol. The Bertz CT molecular complexity index is 558. The lowest BCUT2D eigenvalue weighted by molar-refractivity contribution is -0.384. The molecule has 0 saturated carbocycles. The van der Waals surface area contributed by atoms with Gasteiger partial charge in [0.15, 0.2) is 0 Å². The van der Waals surface area contributed by atoms with Gasteiger partial charge in [0.25, 0.3) is 5.69 Å². The van der Waals surface area contributed by atoms with Gasteiger partial charge in [-0.2, -0.15) is 0 Å². The maximum atomic E-state index is 11.7. The van der Waals surface area contributed by atoms with Crippen molar-refractivity contribution in [2.75, 3.05) is 25.6 Å². The number of carbonyl (C=O) groups is 2. The number of nitrogens with zero attached hydrogens (tertiary/aromatic N) is 1. The van der Waals surface area contributed by atoms with Crippen LogP contribution in [0.15, 0.2) is 18.2 Å². The third-order valence-electron chi connectivity index (χ3n) is 2.75. The van der Waals surface area contributed by atoms with Gasteiger partial charge in [-0.25, -0.2) is 4.79 Å². The number of nitro groups is 1. The summed E-state index contributed by atoms with van der Waals surface area (Å²) in [5, 5.41) is 13.6. The standard InChI is InChI=1S/C14H18N2O6/c1-3-4-13(17)22-8-7-15-12-6-5-10(16(19)20)9-11(12)14(18)21-2/h5-6,9,15H,3-4,7-8H2,1-2H3. The van der Waals surface area contributed by atoms with Crippen LogP contribution in [0.1, 0.15) is 30.1 Å². The predicted octanol–water partition coefficient (Wildman–Crippen LogP) is 2.14. The molecule has 0 unspecified atom stereocenters. The molecule has 1 rings (SSSR count). The molecule has 0 aliphatic heterocycles. The van der Waals surface area contributed by atoms with Crippen molar-refractivity contribution in [3.05, 3.63) is 33.9 Å². The molecule has 8 heteroatoms. The number of anilines is 1. The molecule has 8 nitrogen and oxygen atoms in total. The van der Waals surface area contributed by atoms with Crippen molar-refractivity contribution < 1.29 is 24.0 Å². The van der Waals surface area contributed by atoms with Crippen LogP contribution < -0.4 is 5.32 Å². The van der Waals surface area contributed by atoms with Crippen LogP contribution in [0.25, 0.3) is 0 Å². The van der Waals surface area contributed by atoms with Crippen molar-refractivity contribution in [1.82, 2.24) is 0 Å². The van der Waals surface area contributed by atoms with E-state index in [4.69, 9.17) is 4.74 Å². The van der Waals surface area contributed by atoms with Gasteiger partial charge in [-0.05, 0) is 12.5 Å². The van der Waals surface area contributed by atoms with E-state index in [0.717, 1.165) is 6.07 Å². The van der Waals surface area contributed by atoms with E-state index in [1.165, 1.54) is 19.2 Å². The topological polar surface area (TPSA) is 108 Å². The third-order valence-corrected chi connectivity index (χ3v) is 2.75. The Kier molecular flexibility index (Phi) is 6.81. The number of non-ortho nitro benzene ring substituents is 1. The van der Waals surface area contributed by atoms with Crippen molar-refractivity contribution in [3.63, 3.8) is 0 Å². The zero-order valence-electron chi connectivity index (χ0n) is 12.5. The highest BCUT2D eigenvalue weighted by atomic mass is 16.6. The first-order chi connectivity index (χ1) is 10.5. The molecule has 120 valence electrons. The van der Waals surface area contributed by atoms with Crippen LogP contribution in [-0.4, -0.2) is 37.1 Å². The molecule has 0 amide bonds. The van der Waals surface area contributed by atoms with E-state index in [2.05, 4.69) is 10.1 Å². The molecule has 0 radical (unpaired) electrons. The average Bonchev–Trinajstić information content (AvgIpc) is 2.51. The van der Waals surface area contributed by atoms with Crippen LogP contribution in [0, 0.1) is 10.1 Å². The summed E-state index contributed by atoms with van der Waals surface area (Å²) in [5.74, 6) is -0.977. The fourth-order valence-electron chi connectivity index (χ4n) is 1.71. The van der Waals surface area contributed by atoms with Crippen LogP contribution >= 0.6 is 0 Å². The number of benzene rings is 1. The Balaban J connectivity index is 2.71. The van der Waals surface area contributed by atoms with E-state index in [9.17, 15) is 19.7 Å². The Morgan fingerprint density at radius 3 is 2.68 bits per heavy atom. The second-order valence-corrected chi connectivity index (χ2v) is 4.38. The van der Waals surface area contributed by atoms with E-state index in [0.29, 0.717) is 18.5 Å². The van der Waals surface area contributed by atoms with Crippen LogP contribution in [-0.2, 0) is 14.3 Å². The predicted molar refractivity (Wildman–Crippen MR) is 78.8 cm³/mol. The van der Waals surface area contributed by atoms with Crippen molar-refractivity contribution in [1.29, 1.82) is 0 Å². The number of methoxy groups -OCH3 is 1. The van der Waals surface area contributed by atoms with Crippen LogP contribution in [0.3, 0.4) is 0 Å². The molecular formula is C14H18N2O6. The lowest BCUT2D eigenvalue weighted by Crippen LogP contribution is -2.15. The molecule has 1 N–H and O–H groups in total. The van der Waals surface area contributed by atoms with Gasteiger partial charge in [0.2, 0.25) is 0 Å². The number of carbonyl (C=O) groups excluding carboxylic acids is 2. The Morgan fingerprint density at radius 1 is 1.36 bits per heavy atom. The molecule has 0 heterocycles. The molecule has 0 aliphatic rings. The van der Waals surface area contributed by atoms with E-state index in [1.54, 1.807) is 0 Å². The molecule has 0 bridgehead atoms. The Morgan fingerprint density at radius 2 is 2.09 bits per heavy atom. The highest BCUT2D eigenvalue weighted by molar-refractivity contribution is 5.96. The summed E-state index contributed by atoms with van der Waals surface area (Å²) in [5.41, 5.74) is 0.223. The fraction of sp³-hybridized carbons (Fsp3) is 0.429. The van der Waals surface area contributed by atoms with Crippen molar-refractivity contribution in [3.8, 4) is 0 Å². The molecule has 0 saturated heterocycles. The summed E-state index contributed by atoms with van der Waals surface area (Å²) in [7, 11) is 1.19. The molecule has 1 aromatic rings. The highest BCUT2D eigenvalue weighted by Crippen LogP contribution is 2.22. The number of nitrogens with one attached hydrogen (secondary N) is 1. The van der Waals surface area contributed by atoms with Gasteiger partial charge in [-0.3, -0.25) is 14.9 Å². The van der Waals surface area contributed by atoms with Gasteiger partial charge in [-0.1, -0.05) is 6.92 Å². The smallest absolute Gasteiger partial charge is 0.340 e. The summed E-state index contributed by atoms with van der Waals surface area (Å²) in [6.07, 6.45) is 1.06. The second kappa shape index (κ2) is 8.60. The van der Waals surface area contributed by atoms with Gasteiger partial charge >= 0.3 is 11.9 Å². The maximum absolute atomic E-state index is 11.7. The van der Waals surface area contributed by atoms with Gasteiger partial charge in [0.05, 0.1) is 17.6 Å². The largest absolute Gasteiger partial charge is 0.465 e. The lowest BCUT2D eigenvalue weighted by atomic mass is 10.1. The normalized spacial score (nSPS) is 9.91. The maximum Gasteiger partial charge on any atom is 0.340 e. The van der Waals surface area contributed by atoms with Crippen molar-refractivity contribution in [2.45, 2.75) is 19.8 Å². The molecule has 22 heavy (non-hydrogen) atoms. The highest BCUT2D eigenvalue weighted by Gasteiger charge is 2.17. The fourth-order valence-corrected chi connectivity index (χ4v) is 1.71. The van der Waals surface area contributed by atoms with Gasteiger partial charge in [-0.15, -0.1) is 0 Å². The minimum Gasteiger partial charge on any atom is -0.465 e. The lowest BCUT2D eigenvalue weighted by Gasteiger charge is -2.11. The summed E-state index contributed by atoms with van der Waals surface area (Å²) >= 11 is 0. The SMILES string of the molecule is CCCC(=O)OCCNc1ccc([N+](=O)[O-])cc1C(=O)OC. The van der Waals surface area contributed by atoms with Crippen molar-refractivity contribution >= 4 is 23.3 Å². The van der Waals surface area contributed by atoms with E-state index >= 15 is 0 Å². The first-order valence-electron chi connectivity index (χ1n) is 6.75. The van der Waals surface area contributed by atoms with Gasteiger partial charge in [0, 0.05) is 30.8 Å². The van der Waals surface area contributed by atoms with Crippen LogP contribution in [0.4, 0.5) is 11.4 Å². The zero-order chi connectivity index (χ0) is 16.5. The van der Waals surface area contributed by atoms with Crippen LogP contribution in [0.2, 0.25) is 0 Å². The minimum absolute atomic E-state index is 0.0524. The molecule has 0 aromatic heterocycles. The zero-order valence-corrected chi connectivity index (χ0v) is 12.5. The molecule has 0 spiro atoms. The molecule has 0 fully saturated rings. The quantitative estimate of drug-likeness (QED) is 0.339. The molecule has 0 atom stereocenters. The summed E-state index contributed by atoms with van der Waals surface area (Å²) in [4.78, 5) is 33.0. The number of hydrogen-bond donors (Lipinski definition) is 1. The number of ether oxygens (including phenoxy) is 2. The third kappa shape index (κ3) is 5.04. The van der Waals surface area contributed by atoms with E-state index < -0.39 is 10.9 Å². The van der Waals surface area contributed by atoms with Gasteiger partial charge in [0.1, 0.15) is 6.61 Å². The number of hydrogen-bond acceptors (Lipinski definition) is 7. The monoisotopic (exact) mass is 310 g/mol. The van der Waals surface area contributed by atoms with Gasteiger partial charge < -0.3 is 14.8 Å².